The van der Waals surface area contributed by atoms with Gasteiger partial charge in [-0.05, 0) is 6.42 Å². The average molecular weight is 673 g/mol. The van der Waals surface area contributed by atoms with Gasteiger partial charge in [-0.3, -0.25) is 23.7 Å². The Labute approximate surface area is 263 Å². The van der Waals surface area contributed by atoms with Gasteiger partial charge in [0, 0.05) is 6.61 Å². The predicted octanol–water partition coefficient (Wildman–Crippen LogP) is 1.33. The molecule has 0 bridgehead atoms. The molecule has 2 atom stereocenters. The maximum absolute atomic E-state index is 12.3. The maximum atomic E-state index is 12.3. The standard InChI is InChI=1S/C28H48O16S/c1-2-3-4-5-6-7-8-9-10-11-13-40-15-16-42-24(31)20-28(36,27(35)44-14-12-29)21-25(32)43-18-17-41-23(30)19-22(26(33)34)45(37,38)39/h22,29,36H,2-21H2,1H3,(H,33,34)(H,37,38,39). The SMILES string of the molecule is CCCCCCCCCCCCOCCOC(=O)CC(O)(CC(=O)OCCOC(=O)CC(C(=O)O)S(=O)(=O)O)C(=O)OCCO. The van der Waals surface area contributed by atoms with E-state index in [1.807, 2.05) is 0 Å². The summed E-state index contributed by atoms with van der Waals surface area (Å²) in [5, 5.41) is 25.9. The van der Waals surface area contributed by atoms with E-state index in [0.29, 0.717) is 6.61 Å². The van der Waals surface area contributed by atoms with Crippen LogP contribution in [0.4, 0.5) is 0 Å². The highest BCUT2D eigenvalue weighted by molar-refractivity contribution is 7.87. The van der Waals surface area contributed by atoms with Crippen LogP contribution in [0.5, 0.6) is 0 Å². The average Bonchev–Trinajstić information content (AvgIpc) is 2.96. The van der Waals surface area contributed by atoms with Crippen molar-refractivity contribution in [2.45, 2.75) is 101 Å². The number of carbonyl (C=O) groups excluding carboxylic acids is 4. The summed E-state index contributed by atoms with van der Waals surface area (Å²) >= 11 is 0. The fourth-order valence-corrected chi connectivity index (χ4v) is 4.51. The molecule has 0 aromatic rings. The molecule has 45 heavy (non-hydrogen) atoms. The van der Waals surface area contributed by atoms with Crippen molar-refractivity contribution in [3.8, 4) is 0 Å². The van der Waals surface area contributed by atoms with Gasteiger partial charge in [0.1, 0.15) is 26.4 Å². The van der Waals surface area contributed by atoms with Crippen molar-refractivity contribution in [2.75, 3.05) is 46.2 Å². The first kappa shape index (κ1) is 42.1. The first-order valence-corrected chi connectivity index (χ1v) is 16.5. The third-order valence-corrected chi connectivity index (χ3v) is 7.39. The van der Waals surface area contributed by atoms with Gasteiger partial charge in [-0.15, -0.1) is 0 Å². The molecule has 16 nitrogen and oxygen atoms in total. The summed E-state index contributed by atoms with van der Waals surface area (Å²) < 4.78 is 55.3. The summed E-state index contributed by atoms with van der Waals surface area (Å²) in [5.74, 6) is -7.00. The van der Waals surface area contributed by atoms with Crippen LogP contribution in [0.15, 0.2) is 0 Å². The number of ether oxygens (including phenoxy) is 5. The van der Waals surface area contributed by atoms with Gasteiger partial charge in [-0.25, -0.2) is 4.79 Å². The summed E-state index contributed by atoms with van der Waals surface area (Å²) in [6.45, 7) is 0.121. The monoisotopic (exact) mass is 672 g/mol. The van der Waals surface area contributed by atoms with Gasteiger partial charge in [0.2, 0.25) is 0 Å². The lowest BCUT2D eigenvalue weighted by Crippen LogP contribution is -2.45. The number of carbonyl (C=O) groups is 5. The molecular weight excluding hydrogens is 624 g/mol. The number of unbranched alkanes of at least 4 members (excludes halogenated alkanes) is 9. The van der Waals surface area contributed by atoms with E-state index in [0.717, 1.165) is 19.3 Å². The number of aliphatic hydroxyl groups excluding tert-OH is 1. The van der Waals surface area contributed by atoms with Crippen molar-refractivity contribution < 1.29 is 75.9 Å². The maximum Gasteiger partial charge on any atom is 0.339 e. The van der Waals surface area contributed by atoms with Crippen LogP contribution in [0.2, 0.25) is 0 Å². The summed E-state index contributed by atoms with van der Waals surface area (Å²) in [6, 6.07) is 0. The second kappa shape index (κ2) is 24.4. The Bertz CT molecular complexity index is 999. The fraction of sp³-hybridized carbons (Fsp3) is 0.821. The Balaban J connectivity index is 4.48. The minimum absolute atomic E-state index is 0.0781. The Morgan fingerprint density at radius 2 is 1.13 bits per heavy atom. The number of rotatable bonds is 28. The number of esters is 4. The molecular formula is C28H48O16S. The molecule has 0 aliphatic carbocycles. The van der Waals surface area contributed by atoms with E-state index in [9.17, 15) is 37.5 Å². The molecule has 0 heterocycles. The van der Waals surface area contributed by atoms with E-state index in [1.54, 1.807) is 0 Å². The molecule has 0 aliphatic heterocycles. The summed E-state index contributed by atoms with van der Waals surface area (Å²) in [7, 11) is -5.08. The minimum Gasteiger partial charge on any atom is -0.480 e. The second-order valence-corrected chi connectivity index (χ2v) is 11.8. The van der Waals surface area contributed by atoms with Crippen molar-refractivity contribution >= 4 is 40.0 Å². The first-order chi connectivity index (χ1) is 21.3. The van der Waals surface area contributed by atoms with Crippen molar-refractivity contribution in [3.63, 3.8) is 0 Å². The summed E-state index contributed by atoms with van der Waals surface area (Å²) in [6.07, 6.45) is 8.47. The number of carboxylic acids is 1. The number of hydrogen-bond acceptors (Lipinski definition) is 14. The van der Waals surface area contributed by atoms with E-state index < -0.39 is 96.5 Å². The molecule has 4 N–H and O–H groups in total. The van der Waals surface area contributed by atoms with Crippen molar-refractivity contribution in [1.29, 1.82) is 0 Å². The van der Waals surface area contributed by atoms with E-state index in [-0.39, 0.29) is 13.2 Å². The first-order valence-electron chi connectivity index (χ1n) is 15.0. The molecule has 0 rings (SSSR count). The van der Waals surface area contributed by atoms with Crippen LogP contribution in [0.1, 0.15) is 90.4 Å². The predicted molar refractivity (Wildman–Crippen MR) is 155 cm³/mol. The molecule has 0 radical (unpaired) electrons. The van der Waals surface area contributed by atoms with Gasteiger partial charge in [0.05, 0.1) is 32.5 Å². The molecule has 0 amide bonds. The van der Waals surface area contributed by atoms with Crippen molar-refractivity contribution in [1.82, 2.24) is 0 Å². The van der Waals surface area contributed by atoms with Gasteiger partial charge < -0.3 is 39.0 Å². The lowest BCUT2D eigenvalue weighted by molar-refractivity contribution is -0.179. The van der Waals surface area contributed by atoms with E-state index in [2.05, 4.69) is 16.4 Å². The Morgan fingerprint density at radius 3 is 1.60 bits per heavy atom. The van der Waals surface area contributed by atoms with Gasteiger partial charge in [-0.1, -0.05) is 64.7 Å². The van der Waals surface area contributed by atoms with E-state index in [4.69, 9.17) is 29.0 Å². The Morgan fingerprint density at radius 1 is 0.667 bits per heavy atom. The van der Waals surface area contributed by atoms with Gasteiger partial charge >= 0.3 is 29.8 Å². The number of aliphatic hydroxyl groups is 2. The molecule has 0 aromatic carbocycles. The molecule has 0 saturated heterocycles. The summed E-state index contributed by atoms with van der Waals surface area (Å²) in [5.41, 5.74) is -2.72. The molecule has 0 aliphatic rings. The third-order valence-electron chi connectivity index (χ3n) is 6.31. The lowest BCUT2D eigenvalue weighted by atomic mass is 9.95. The largest absolute Gasteiger partial charge is 0.480 e. The van der Waals surface area contributed by atoms with Crippen LogP contribution in [0.3, 0.4) is 0 Å². The quantitative estimate of drug-likeness (QED) is 0.0396. The zero-order valence-corrected chi connectivity index (χ0v) is 26.6. The number of carboxylic acid groups (broad SMARTS) is 1. The van der Waals surface area contributed by atoms with Crippen molar-refractivity contribution in [3.05, 3.63) is 0 Å². The van der Waals surface area contributed by atoms with Crippen LogP contribution < -0.4 is 0 Å². The van der Waals surface area contributed by atoms with Crippen LogP contribution in [0.25, 0.3) is 0 Å². The highest BCUT2D eigenvalue weighted by Crippen LogP contribution is 2.20. The smallest absolute Gasteiger partial charge is 0.339 e. The van der Waals surface area contributed by atoms with E-state index in [1.165, 1.54) is 44.9 Å². The van der Waals surface area contributed by atoms with E-state index >= 15 is 0 Å². The van der Waals surface area contributed by atoms with Crippen LogP contribution in [0, 0.1) is 0 Å². The number of hydrogen-bond donors (Lipinski definition) is 4. The van der Waals surface area contributed by atoms with Crippen LogP contribution in [-0.4, -0.2) is 115 Å². The van der Waals surface area contributed by atoms with Crippen molar-refractivity contribution in [2.24, 2.45) is 0 Å². The Hall–Kier alpha value is -2.86. The number of aliphatic carboxylic acids is 1. The molecule has 17 heteroatoms. The minimum atomic E-state index is -5.08. The molecule has 0 aromatic heterocycles. The highest BCUT2D eigenvalue weighted by atomic mass is 32.2. The summed E-state index contributed by atoms with van der Waals surface area (Å²) in [4.78, 5) is 59.4. The highest BCUT2D eigenvalue weighted by Gasteiger charge is 2.43. The van der Waals surface area contributed by atoms with Gasteiger partial charge in [0.15, 0.2) is 10.9 Å². The normalized spacial score (nSPS) is 13.3. The fourth-order valence-electron chi connectivity index (χ4n) is 3.91. The zero-order chi connectivity index (χ0) is 34.1. The van der Waals surface area contributed by atoms with Gasteiger partial charge in [-0.2, -0.15) is 8.42 Å². The molecule has 0 saturated carbocycles. The lowest BCUT2D eigenvalue weighted by Gasteiger charge is -2.24. The third kappa shape index (κ3) is 21.5. The topological polar surface area (TPSA) is 247 Å². The van der Waals surface area contributed by atoms with Crippen LogP contribution >= 0.6 is 0 Å². The molecule has 0 fully saturated rings. The van der Waals surface area contributed by atoms with Crippen LogP contribution in [-0.2, 0) is 57.8 Å². The second-order valence-electron chi connectivity index (χ2n) is 10.2. The molecule has 0 spiro atoms. The Kier molecular flexibility index (Phi) is 22.8. The molecule has 2 unspecified atom stereocenters. The molecule has 262 valence electrons. The zero-order valence-electron chi connectivity index (χ0n) is 25.8. The van der Waals surface area contributed by atoms with Gasteiger partial charge in [0.25, 0.3) is 10.1 Å².